The van der Waals surface area contributed by atoms with Gasteiger partial charge in [-0.15, -0.1) is 0 Å². The third-order valence-corrected chi connectivity index (χ3v) is 6.86. The van der Waals surface area contributed by atoms with Gasteiger partial charge in [0.15, 0.2) is 0 Å². The highest BCUT2D eigenvalue weighted by Gasteiger charge is 2.31. The number of unbranched alkanes of at least 4 members (excludes halogenated alkanes) is 1. The number of carbonyl (C=O) groups is 4. The maximum Gasteiger partial charge on any atom is 0.326 e. The van der Waals surface area contributed by atoms with Crippen molar-refractivity contribution in [2.75, 3.05) is 30.6 Å². The molecule has 0 radical (unpaired) electrons. The predicted molar refractivity (Wildman–Crippen MR) is 140 cm³/mol. The zero-order valence-corrected chi connectivity index (χ0v) is 22.4. The summed E-state index contributed by atoms with van der Waals surface area (Å²) in [7, 11) is 0. The maximum atomic E-state index is 13.1. The van der Waals surface area contributed by atoms with Crippen molar-refractivity contribution < 1.29 is 24.3 Å². The van der Waals surface area contributed by atoms with E-state index in [1.54, 1.807) is 6.92 Å². The van der Waals surface area contributed by atoms with Crippen LogP contribution >= 0.6 is 23.5 Å². The van der Waals surface area contributed by atoms with E-state index < -0.39 is 47.9 Å². The number of carboxylic acid groups (broad SMARTS) is 1. The molecule has 0 aliphatic heterocycles. The van der Waals surface area contributed by atoms with Crippen molar-refractivity contribution >= 4 is 47.2 Å². The van der Waals surface area contributed by atoms with Crippen LogP contribution in [0.5, 0.6) is 0 Å². The average molecular weight is 522 g/mol. The SMILES string of the molecule is CCC(C)C(NC(=O)C(CCSC)NC(=O)C(CCSC)NC(=O)C(N)CCCCN)C(=O)O. The number of hydrogen-bond donors (Lipinski definition) is 6. The van der Waals surface area contributed by atoms with Crippen LogP contribution in [0.25, 0.3) is 0 Å². The Bertz CT molecular complexity index is 641. The van der Waals surface area contributed by atoms with Gasteiger partial charge in [0.25, 0.3) is 0 Å². The Morgan fingerprint density at radius 2 is 1.35 bits per heavy atom. The molecule has 0 fully saturated rings. The van der Waals surface area contributed by atoms with Gasteiger partial charge in [-0.05, 0) is 62.2 Å². The lowest BCUT2D eigenvalue weighted by molar-refractivity contribution is -0.143. The van der Waals surface area contributed by atoms with Crippen molar-refractivity contribution in [3.05, 3.63) is 0 Å². The molecule has 3 amide bonds. The minimum atomic E-state index is -1.12. The van der Waals surface area contributed by atoms with E-state index in [-0.39, 0.29) is 5.92 Å². The zero-order chi connectivity index (χ0) is 26.1. The summed E-state index contributed by atoms with van der Waals surface area (Å²) >= 11 is 3.04. The van der Waals surface area contributed by atoms with Crippen LogP contribution in [-0.4, -0.2) is 83.5 Å². The monoisotopic (exact) mass is 521 g/mol. The highest BCUT2D eigenvalue weighted by molar-refractivity contribution is 7.98. The topological polar surface area (TPSA) is 177 Å². The molecule has 0 aromatic carbocycles. The van der Waals surface area contributed by atoms with Gasteiger partial charge < -0.3 is 32.5 Å². The molecule has 0 saturated heterocycles. The molecule has 0 bridgehead atoms. The number of nitrogens with two attached hydrogens (primary N) is 2. The first-order valence-electron chi connectivity index (χ1n) is 11.7. The lowest BCUT2D eigenvalue weighted by Gasteiger charge is -2.26. The van der Waals surface area contributed by atoms with E-state index >= 15 is 0 Å². The second kappa shape index (κ2) is 18.8. The van der Waals surface area contributed by atoms with Gasteiger partial charge in [-0.25, -0.2) is 4.79 Å². The van der Waals surface area contributed by atoms with E-state index in [4.69, 9.17) is 11.5 Å². The summed E-state index contributed by atoms with van der Waals surface area (Å²) in [6.45, 7) is 4.12. The van der Waals surface area contributed by atoms with Crippen LogP contribution in [0.4, 0.5) is 0 Å². The first-order chi connectivity index (χ1) is 16.1. The van der Waals surface area contributed by atoms with Gasteiger partial charge in [0.2, 0.25) is 17.7 Å². The van der Waals surface area contributed by atoms with Crippen molar-refractivity contribution in [1.29, 1.82) is 0 Å². The smallest absolute Gasteiger partial charge is 0.326 e. The predicted octanol–water partition coefficient (Wildman–Crippen LogP) is 0.534. The molecule has 12 heteroatoms. The summed E-state index contributed by atoms with van der Waals surface area (Å²) < 4.78 is 0. The molecule has 5 unspecified atom stereocenters. The van der Waals surface area contributed by atoms with E-state index in [2.05, 4.69) is 16.0 Å². The molecule has 0 spiro atoms. The van der Waals surface area contributed by atoms with Gasteiger partial charge in [-0.2, -0.15) is 23.5 Å². The van der Waals surface area contributed by atoms with Gasteiger partial charge in [0.1, 0.15) is 18.1 Å². The average Bonchev–Trinajstić information content (AvgIpc) is 2.81. The van der Waals surface area contributed by atoms with Gasteiger partial charge in [-0.1, -0.05) is 26.7 Å². The summed E-state index contributed by atoms with van der Waals surface area (Å²) in [4.78, 5) is 50.1. The summed E-state index contributed by atoms with van der Waals surface area (Å²) in [6, 6.07) is -3.57. The van der Waals surface area contributed by atoms with Crippen molar-refractivity contribution in [1.82, 2.24) is 16.0 Å². The number of nitrogens with one attached hydrogen (secondary N) is 3. The summed E-state index contributed by atoms with van der Waals surface area (Å²) in [5, 5.41) is 17.5. The fourth-order valence-electron chi connectivity index (χ4n) is 3.14. The summed E-state index contributed by atoms with van der Waals surface area (Å²) in [5.41, 5.74) is 11.4. The fraction of sp³-hybridized carbons (Fsp3) is 0.818. The molecule has 0 aromatic heterocycles. The number of hydrogen-bond acceptors (Lipinski definition) is 8. The summed E-state index contributed by atoms with van der Waals surface area (Å²) in [5.74, 6) is -1.65. The van der Waals surface area contributed by atoms with Crippen LogP contribution in [0.1, 0.15) is 52.4 Å². The standard InChI is InChI=1S/C22H43N5O5S2/c1-5-14(2)18(22(31)32)27-21(30)17(10-13-34-4)26-20(29)16(9-12-33-3)25-19(28)15(24)8-6-7-11-23/h14-18H,5-13,23-24H2,1-4H3,(H,25,28)(H,26,29)(H,27,30)(H,31,32). The van der Waals surface area contributed by atoms with E-state index in [1.807, 2.05) is 19.4 Å². The molecular formula is C22H43N5O5S2. The van der Waals surface area contributed by atoms with E-state index in [0.29, 0.717) is 50.2 Å². The first-order valence-corrected chi connectivity index (χ1v) is 14.5. The van der Waals surface area contributed by atoms with Crippen LogP contribution in [0.2, 0.25) is 0 Å². The molecule has 8 N–H and O–H groups in total. The molecule has 0 aliphatic rings. The lowest BCUT2D eigenvalue weighted by atomic mass is 9.98. The Balaban J connectivity index is 5.38. The first kappa shape index (κ1) is 32.5. The quantitative estimate of drug-likeness (QED) is 0.132. The molecular weight excluding hydrogens is 478 g/mol. The van der Waals surface area contributed by atoms with Crippen molar-refractivity contribution in [2.24, 2.45) is 17.4 Å². The third kappa shape index (κ3) is 12.8. The van der Waals surface area contributed by atoms with Gasteiger partial charge in [0, 0.05) is 0 Å². The Kier molecular flexibility index (Phi) is 18.0. The number of carbonyl (C=O) groups excluding carboxylic acids is 3. The van der Waals surface area contributed by atoms with Crippen LogP contribution in [0.15, 0.2) is 0 Å². The molecule has 10 nitrogen and oxygen atoms in total. The molecule has 0 heterocycles. The van der Waals surface area contributed by atoms with Crippen LogP contribution in [0.3, 0.4) is 0 Å². The summed E-state index contributed by atoms with van der Waals surface area (Å²) in [6.07, 6.45) is 6.98. The maximum absolute atomic E-state index is 13.1. The molecule has 0 aromatic rings. The zero-order valence-electron chi connectivity index (χ0n) is 20.8. The third-order valence-electron chi connectivity index (χ3n) is 5.57. The molecule has 0 aliphatic carbocycles. The number of amides is 3. The van der Waals surface area contributed by atoms with Gasteiger partial charge >= 0.3 is 5.97 Å². The number of rotatable bonds is 19. The lowest BCUT2D eigenvalue weighted by Crippen LogP contribution is -2.58. The molecule has 0 rings (SSSR count). The van der Waals surface area contributed by atoms with Crippen LogP contribution in [-0.2, 0) is 19.2 Å². The number of carboxylic acids is 1. The second-order valence-electron chi connectivity index (χ2n) is 8.29. The Morgan fingerprint density at radius 3 is 1.79 bits per heavy atom. The second-order valence-corrected chi connectivity index (χ2v) is 10.3. The Labute approximate surface area is 211 Å². The van der Waals surface area contributed by atoms with Crippen molar-refractivity contribution in [2.45, 2.75) is 76.5 Å². The molecule has 198 valence electrons. The Morgan fingerprint density at radius 1 is 0.853 bits per heavy atom. The van der Waals surface area contributed by atoms with Crippen LogP contribution < -0.4 is 27.4 Å². The van der Waals surface area contributed by atoms with Crippen molar-refractivity contribution in [3.8, 4) is 0 Å². The minimum Gasteiger partial charge on any atom is -0.480 e. The largest absolute Gasteiger partial charge is 0.480 e. The van der Waals surface area contributed by atoms with Crippen molar-refractivity contribution in [3.63, 3.8) is 0 Å². The number of thioether (sulfide) groups is 2. The minimum absolute atomic E-state index is 0.271. The fourth-order valence-corrected chi connectivity index (χ4v) is 4.08. The van der Waals surface area contributed by atoms with E-state index in [9.17, 15) is 24.3 Å². The van der Waals surface area contributed by atoms with E-state index in [0.717, 1.165) is 6.42 Å². The van der Waals surface area contributed by atoms with Crippen LogP contribution in [0, 0.1) is 5.92 Å². The van der Waals surface area contributed by atoms with Gasteiger partial charge in [0.05, 0.1) is 6.04 Å². The Hall–Kier alpha value is -1.50. The molecule has 0 saturated carbocycles. The number of aliphatic carboxylic acids is 1. The molecule has 5 atom stereocenters. The normalized spacial score (nSPS) is 15.5. The highest BCUT2D eigenvalue weighted by Crippen LogP contribution is 2.10. The van der Waals surface area contributed by atoms with Gasteiger partial charge in [-0.3, -0.25) is 14.4 Å². The highest BCUT2D eigenvalue weighted by atomic mass is 32.2. The molecule has 34 heavy (non-hydrogen) atoms. The van der Waals surface area contributed by atoms with E-state index in [1.165, 1.54) is 23.5 Å².